The number of benzene rings is 1. The summed E-state index contributed by atoms with van der Waals surface area (Å²) in [6, 6.07) is 5.48. The van der Waals surface area contributed by atoms with Gasteiger partial charge in [0.2, 0.25) is 5.91 Å². The molecule has 1 fully saturated rings. The molecule has 18 heavy (non-hydrogen) atoms. The van der Waals surface area contributed by atoms with Crippen LogP contribution in [0.2, 0.25) is 0 Å². The number of hydrogen-bond donors (Lipinski definition) is 2. The van der Waals surface area contributed by atoms with Crippen LogP contribution in [0.25, 0.3) is 6.08 Å². The monoisotopic (exact) mass is 245 g/mol. The van der Waals surface area contributed by atoms with E-state index in [1.165, 1.54) is 0 Å². The Morgan fingerprint density at radius 1 is 1.33 bits per heavy atom. The van der Waals surface area contributed by atoms with Gasteiger partial charge in [-0.2, -0.15) is 0 Å². The Morgan fingerprint density at radius 3 is 2.61 bits per heavy atom. The smallest absolute Gasteiger partial charge is 0.247 e. The van der Waals surface area contributed by atoms with Crippen LogP contribution in [-0.2, 0) is 10.2 Å². The van der Waals surface area contributed by atoms with Gasteiger partial charge in [-0.15, -0.1) is 0 Å². The molecule has 0 unspecified atom stereocenters. The standard InChI is InChI=1S/C15H19NO2/c1-15(2,3)12-9-10(4-5-13(12)17)8-11-6-7-16-14(11)18/h4-5,8-9,17H,6-7H2,1-3H3,(H,16,18)/b11-8+. The fraction of sp³-hybridized carbons (Fsp3) is 0.400. The summed E-state index contributed by atoms with van der Waals surface area (Å²) >= 11 is 0. The number of phenols is 1. The number of rotatable bonds is 1. The Hall–Kier alpha value is -1.77. The first-order valence-corrected chi connectivity index (χ1v) is 6.20. The average molecular weight is 245 g/mol. The molecule has 0 bridgehead atoms. The molecular weight excluding hydrogens is 226 g/mol. The number of phenolic OH excluding ortho intramolecular Hbond substituents is 1. The van der Waals surface area contributed by atoms with Gasteiger partial charge in [0.15, 0.2) is 0 Å². The van der Waals surface area contributed by atoms with Crippen LogP contribution in [0.1, 0.15) is 38.3 Å². The van der Waals surface area contributed by atoms with E-state index in [1.54, 1.807) is 6.07 Å². The van der Waals surface area contributed by atoms with Crippen LogP contribution < -0.4 is 5.32 Å². The highest BCUT2D eigenvalue weighted by atomic mass is 16.3. The van der Waals surface area contributed by atoms with Crippen molar-refractivity contribution in [3.05, 3.63) is 34.9 Å². The number of hydrogen-bond acceptors (Lipinski definition) is 2. The van der Waals surface area contributed by atoms with E-state index in [9.17, 15) is 9.90 Å². The first kappa shape index (κ1) is 12.7. The molecule has 3 nitrogen and oxygen atoms in total. The molecule has 2 rings (SSSR count). The summed E-state index contributed by atoms with van der Waals surface area (Å²) in [7, 11) is 0. The van der Waals surface area contributed by atoms with Gasteiger partial charge in [-0.1, -0.05) is 26.8 Å². The van der Waals surface area contributed by atoms with E-state index in [0.29, 0.717) is 5.75 Å². The molecule has 1 saturated heterocycles. The van der Waals surface area contributed by atoms with Gasteiger partial charge in [0.05, 0.1) is 0 Å². The zero-order valence-corrected chi connectivity index (χ0v) is 11.1. The van der Waals surface area contributed by atoms with Gasteiger partial charge in [-0.25, -0.2) is 0 Å². The average Bonchev–Trinajstić information content (AvgIpc) is 2.66. The lowest BCUT2D eigenvalue weighted by molar-refractivity contribution is -0.116. The number of carbonyl (C=O) groups is 1. The lowest BCUT2D eigenvalue weighted by Crippen LogP contribution is -2.14. The first-order chi connectivity index (χ1) is 8.38. The predicted octanol–water partition coefficient (Wildman–Crippen LogP) is 2.59. The normalized spacial score (nSPS) is 18.2. The van der Waals surface area contributed by atoms with E-state index < -0.39 is 0 Å². The van der Waals surface area contributed by atoms with Gasteiger partial charge in [0, 0.05) is 12.1 Å². The van der Waals surface area contributed by atoms with E-state index in [1.807, 2.05) is 18.2 Å². The molecule has 0 aliphatic carbocycles. The van der Waals surface area contributed by atoms with Gasteiger partial charge in [-0.3, -0.25) is 4.79 Å². The van der Waals surface area contributed by atoms with Gasteiger partial charge >= 0.3 is 0 Å². The molecule has 1 amide bonds. The van der Waals surface area contributed by atoms with E-state index in [-0.39, 0.29) is 11.3 Å². The largest absolute Gasteiger partial charge is 0.508 e. The molecule has 0 saturated carbocycles. The fourth-order valence-electron chi connectivity index (χ4n) is 2.12. The second kappa shape index (κ2) is 4.48. The molecule has 0 atom stereocenters. The van der Waals surface area contributed by atoms with Crippen molar-refractivity contribution in [2.75, 3.05) is 6.54 Å². The van der Waals surface area contributed by atoms with E-state index in [4.69, 9.17) is 0 Å². The zero-order chi connectivity index (χ0) is 13.3. The van der Waals surface area contributed by atoms with Crippen LogP contribution >= 0.6 is 0 Å². The highest BCUT2D eigenvalue weighted by Gasteiger charge is 2.19. The molecule has 1 aliphatic rings. The highest BCUT2D eigenvalue weighted by Crippen LogP contribution is 2.31. The Kier molecular flexibility index (Phi) is 3.16. The summed E-state index contributed by atoms with van der Waals surface area (Å²) in [5.74, 6) is 0.320. The number of carbonyl (C=O) groups excluding carboxylic acids is 1. The van der Waals surface area contributed by atoms with E-state index in [0.717, 1.165) is 29.7 Å². The molecule has 96 valence electrons. The van der Waals surface area contributed by atoms with Crippen LogP contribution in [0.15, 0.2) is 23.8 Å². The second-order valence-electron chi connectivity index (χ2n) is 5.70. The molecule has 1 aliphatic heterocycles. The molecule has 1 heterocycles. The molecule has 0 aromatic heterocycles. The lowest BCUT2D eigenvalue weighted by Gasteiger charge is -2.20. The van der Waals surface area contributed by atoms with Crippen molar-refractivity contribution in [2.45, 2.75) is 32.6 Å². The zero-order valence-electron chi connectivity index (χ0n) is 11.1. The summed E-state index contributed by atoms with van der Waals surface area (Å²) < 4.78 is 0. The van der Waals surface area contributed by atoms with E-state index >= 15 is 0 Å². The van der Waals surface area contributed by atoms with Crippen LogP contribution in [-0.4, -0.2) is 17.6 Å². The summed E-state index contributed by atoms with van der Waals surface area (Å²) in [5, 5.41) is 12.7. The molecule has 0 spiro atoms. The minimum atomic E-state index is -0.115. The Balaban J connectivity index is 2.39. The highest BCUT2D eigenvalue weighted by molar-refractivity contribution is 5.99. The van der Waals surface area contributed by atoms with Crippen molar-refractivity contribution in [2.24, 2.45) is 0 Å². The van der Waals surface area contributed by atoms with Crippen molar-refractivity contribution in [1.29, 1.82) is 0 Å². The SMILES string of the molecule is CC(C)(C)c1cc(/C=C2\CCNC2=O)ccc1O. The van der Waals surface area contributed by atoms with Gasteiger partial charge in [0.1, 0.15) is 5.75 Å². The van der Waals surface area contributed by atoms with Gasteiger partial charge in [-0.05, 0) is 41.2 Å². The Labute approximate surface area is 108 Å². The molecule has 1 aromatic carbocycles. The van der Waals surface area contributed by atoms with Crippen LogP contribution in [0, 0.1) is 0 Å². The topological polar surface area (TPSA) is 49.3 Å². The predicted molar refractivity (Wildman–Crippen MR) is 72.4 cm³/mol. The maximum absolute atomic E-state index is 11.5. The fourth-order valence-corrected chi connectivity index (χ4v) is 2.12. The van der Waals surface area contributed by atoms with Gasteiger partial charge in [0.25, 0.3) is 0 Å². The maximum atomic E-state index is 11.5. The van der Waals surface area contributed by atoms with E-state index in [2.05, 4.69) is 26.1 Å². The molecule has 3 heteroatoms. The van der Waals surface area contributed by atoms with Crippen molar-refractivity contribution >= 4 is 12.0 Å². The summed E-state index contributed by atoms with van der Waals surface area (Å²) in [6.45, 7) is 6.89. The first-order valence-electron chi connectivity index (χ1n) is 6.20. The number of nitrogens with one attached hydrogen (secondary N) is 1. The third-order valence-corrected chi connectivity index (χ3v) is 3.14. The Morgan fingerprint density at radius 2 is 2.06 bits per heavy atom. The molecule has 1 aromatic rings. The summed E-state index contributed by atoms with van der Waals surface area (Å²) in [4.78, 5) is 11.5. The quantitative estimate of drug-likeness (QED) is 0.747. The maximum Gasteiger partial charge on any atom is 0.247 e. The Bertz CT molecular complexity index is 510. The van der Waals surface area contributed by atoms with Crippen molar-refractivity contribution in [3.8, 4) is 5.75 Å². The summed E-state index contributed by atoms with van der Waals surface area (Å²) in [5.41, 5.74) is 2.55. The minimum absolute atomic E-state index is 0.0142. The molecule has 0 radical (unpaired) electrons. The number of aromatic hydroxyl groups is 1. The second-order valence-corrected chi connectivity index (χ2v) is 5.70. The van der Waals surface area contributed by atoms with Crippen LogP contribution in [0.5, 0.6) is 5.75 Å². The number of amides is 1. The third kappa shape index (κ3) is 2.55. The summed E-state index contributed by atoms with van der Waals surface area (Å²) in [6.07, 6.45) is 2.67. The van der Waals surface area contributed by atoms with Gasteiger partial charge < -0.3 is 10.4 Å². The van der Waals surface area contributed by atoms with Crippen LogP contribution in [0.4, 0.5) is 0 Å². The molecule has 2 N–H and O–H groups in total. The van der Waals surface area contributed by atoms with Crippen LogP contribution in [0.3, 0.4) is 0 Å². The minimum Gasteiger partial charge on any atom is -0.508 e. The van der Waals surface area contributed by atoms with Crippen molar-refractivity contribution < 1.29 is 9.90 Å². The third-order valence-electron chi connectivity index (χ3n) is 3.14. The lowest BCUT2D eigenvalue weighted by atomic mass is 9.85. The van der Waals surface area contributed by atoms with Crippen molar-refractivity contribution in [1.82, 2.24) is 5.32 Å². The molecular formula is C15H19NO2. The van der Waals surface area contributed by atoms with Crippen molar-refractivity contribution in [3.63, 3.8) is 0 Å².